The number of hydrogen-bond donors (Lipinski definition) is 2. The molecular weight excluding hydrogens is 246 g/mol. The summed E-state index contributed by atoms with van der Waals surface area (Å²) in [4.78, 5) is 11.8. The van der Waals surface area contributed by atoms with Gasteiger partial charge in [-0.1, -0.05) is 19.1 Å². The fraction of sp³-hybridized carbons (Fsp3) is 0.500. The van der Waals surface area contributed by atoms with E-state index < -0.39 is 0 Å². The van der Waals surface area contributed by atoms with Crippen LogP contribution in [-0.4, -0.2) is 28.6 Å². The molecular formula is C14H21NO2S. The van der Waals surface area contributed by atoms with E-state index in [1.54, 1.807) is 11.8 Å². The van der Waals surface area contributed by atoms with Crippen LogP contribution in [0.15, 0.2) is 18.2 Å². The van der Waals surface area contributed by atoms with Crippen LogP contribution >= 0.6 is 11.8 Å². The molecule has 0 aliphatic carbocycles. The third-order valence-electron chi connectivity index (χ3n) is 2.70. The molecule has 0 aliphatic rings. The molecule has 0 saturated carbocycles. The minimum Gasteiger partial charge on any atom is -0.396 e. The molecule has 18 heavy (non-hydrogen) atoms. The van der Waals surface area contributed by atoms with E-state index >= 15 is 0 Å². The van der Waals surface area contributed by atoms with Crippen molar-refractivity contribution in [3.8, 4) is 0 Å². The third kappa shape index (κ3) is 5.10. The largest absolute Gasteiger partial charge is 0.396 e. The molecule has 0 fully saturated rings. The maximum atomic E-state index is 11.8. The Labute approximate surface area is 113 Å². The van der Waals surface area contributed by atoms with Gasteiger partial charge in [0.15, 0.2) is 0 Å². The van der Waals surface area contributed by atoms with Gasteiger partial charge in [-0.2, -0.15) is 0 Å². The maximum absolute atomic E-state index is 11.8. The Morgan fingerprint density at radius 2 is 2.17 bits per heavy atom. The first kappa shape index (κ1) is 15.1. The lowest BCUT2D eigenvalue weighted by Gasteiger charge is -2.11. The van der Waals surface area contributed by atoms with E-state index in [9.17, 15) is 4.79 Å². The monoisotopic (exact) mass is 267 g/mol. The second-order valence-corrected chi connectivity index (χ2v) is 5.93. The van der Waals surface area contributed by atoms with Gasteiger partial charge >= 0.3 is 0 Å². The van der Waals surface area contributed by atoms with E-state index in [-0.39, 0.29) is 12.5 Å². The molecule has 0 aliphatic heterocycles. The summed E-state index contributed by atoms with van der Waals surface area (Å²) in [6, 6.07) is 6.02. The molecule has 2 N–H and O–H groups in total. The van der Waals surface area contributed by atoms with Crippen molar-refractivity contribution in [2.75, 3.05) is 17.7 Å². The summed E-state index contributed by atoms with van der Waals surface area (Å²) in [5, 5.41) is 12.0. The molecule has 0 saturated heterocycles. The number of amides is 1. The van der Waals surface area contributed by atoms with Crippen LogP contribution in [0.5, 0.6) is 0 Å². The average molecular weight is 267 g/mol. The lowest BCUT2D eigenvalue weighted by molar-refractivity contribution is -0.113. The third-order valence-corrected chi connectivity index (χ3v) is 3.94. The van der Waals surface area contributed by atoms with Crippen molar-refractivity contribution in [2.24, 2.45) is 0 Å². The lowest BCUT2D eigenvalue weighted by Crippen LogP contribution is -2.16. The normalized spacial score (nSPS) is 12.2. The number of anilines is 1. The van der Waals surface area contributed by atoms with E-state index in [1.165, 1.54) is 0 Å². The average Bonchev–Trinajstić information content (AvgIpc) is 2.32. The fourth-order valence-electron chi connectivity index (χ4n) is 1.54. The van der Waals surface area contributed by atoms with Gasteiger partial charge in [-0.05, 0) is 37.5 Å². The molecule has 100 valence electrons. The van der Waals surface area contributed by atoms with Crippen LogP contribution < -0.4 is 5.32 Å². The van der Waals surface area contributed by atoms with Crippen molar-refractivity contribution in [3.05, 3.63) is 29.3 Å². The summed E-state index contributed by atoms with van der Waals surface area (Å²) < 4.78 is 0. The van der Waals surface area contributed by atoms with E-state index in [4.69, 9.17) is 5.11 Å². The topological polar surface area (TPSA) is 49.3 Å². The quantitative estimate of drug-likeness (QED) is 0.833. The standard InChI is InChI=1S/C14H21NO2S/c1-10-4-5-11(2)13(8-10)15-14(17)9-18-12(3)6-7-16/h4-5,8,12,16H,6-7,9H2,1-3H3,(H,15,17). The van der Waals surface area contributed by atoms with Crippen LogP contribution in [0.25, 0.3) is 0 Å². The van der Waals surface area contributed by atoms with Crippen LogP contribution in [-0.2, 0) is 4.79 Å². The summed E-state index contributed by atoms with van der Waals surface area (Å²) in [5.74, 6) is 0.438. The van der Waals surface area contributed by atoms with Crippen molar-refractivity contribution in [2.45, 2.75) is 32.4 Å². The Kier molecular flexibility index (Phi) is 6.22. The molecule has 0 heterocycles. The van der Waals surface area contributed by atoms with Gasteiger partial charge in [0.1, 0.15) is 0 Å². The number of rotatable bonds is 6. The van der Waals surface area contributed by atoms with Gasteiger partial charge in [0, 0.05) is 17.5 Å². The Morgan fingerprint density at radius 3 is 2.83 bits per heavy atom. The first-order valence-electron chi connectivity index (χ1n) is 6.12. The number of hydrogen-bond acceptors (Lipinski definition) is 3. The molecule has 4 heteroatoms. The molecule has 1 aromatic carbocycles. The molecule has 1 aromatic rings. The van der Waals surface area contributed by atoms with Gasteiger partial charge in [0.25, 0.3) is 0 Å². The van der Waals surface area contributed by atoms with Crippen molar-refractivity contribution in [1.29, 1.82) is 0 Å². The van der Waals surface area contributed by atoms with Crippen LogP contribution in [0.3, 0.4) is 0 Å². The summed E-state index contributed by atoms with van der Waals surface area (Å²) in [7, 11) is 0. The molecule has 1 atom stereocenters. The Morgan fingerprint density at radius 1 is 1.44 bits per heavy atom. The molecule has 0 aromatic heterocycles. The minimum absolute atomic E-state index is 0.0125. The second-order valence-electron chi connectivity index (χ2n) is 4.50. The van der Waals surface area contributed by atoms with Gasteiger partial charge in [-0.3, -0.25) is 4.79 Å². The highest BCUT2D eigenvalue weighted by Gasteiger charge is 2.08. The lowest BCUT2D eigenvalue weighted by atomic mass is 10.1. The van der Waals surface area contributed by atoms with E-state index in [2.05, 4.69) is 5.32 Å². The smallest absolute Gasteiger partial charge is 0.234 e. The highest BCUT2D eigenvalue weighted by Crippen LogP contribution is 2.18. The maximum Gasteiger partial charge on any atom is 0.234 e. The Bertz CT molecular complexity index is 407. The molecule has 1 rings (SSSR count). The second kappa shape index (κ2) is 7.44. The van der Waals surface area contributed by atoms with E-state index in [0.717, 1.165) is 23.2 Å². The summed E-state index contributed by atoms with van der Waals surface area (Å²) in [5.41, 5.74) is 3.09. The Hall–Kier alpha value is -1.00. The zero-order valence-electron chi connectivity index (χ0n) is 11.2. The summed E-state index contributed by atoms with van der Waals surface area (Å²) >= 11 is 1.57. The minimum atomic E-state index is 0.0125. The number of aryl methyl sites for hydroxylation is 2. The first-order chi connectivity index (χ1) is 8.52. The fourth-order valence-corrected chi connectivity index (χ4v) is 2.32. The highest BCUT2D eigenvalue weighted by atomic mass is 32.2. The van der Waals surface area contributed by atoms with E-state index in [1.807, 2.05) is 39.0 Å². The van der Waals surface area contributed by atoms with Crippen molar-refractivity contribution < 1.29 is 9.90 Å². The van der Waals surface area contributed by atoms with Gasteiger partial charge in [-0.15, -0.1) is 11.8 Å². The highest BCUT2D eigenvalue weighted by molar-refractivity contribution is 8.00. The van der Waals surface area contributed by atoms with Gasteiger partial charge < -0.3 is 10.4 Å². The zero-order valence-corrected chi connectivity index (χ0v) is 12.0. The molecule has 0 radical (unpaired) electrons. The van der Waals surface area contributed by atoms with Gasteiger partial charge in [-0.25, -0.2) is 0 Å². The predicted molar refractivity (Wildman–Crippen MR) is 78.2 cm³/mol. The van der Waals surface area contributed by atoms with Crippen molar-refractivity contribution in [1.82, 2.24) is 0 Å². The number of carbonyl (C=O) groups is 1. The SMILES string of the molecule is Cc1ccc(C)c(NC(=O)CSC(C)CCO)c1. The van der Waals surface area contributed by atoms with Gasteiger partial charge in [0.2, 0.25) is 5.91 Å². The van der Waals surface area contributed by atoms with Crippen molar-refractivity contribution in [3.63, 3.8) is 0 Å². The number of carbonyl (C=O) groups excluding carboxylic acids is 1. The van der Waals surface area contributed by atoms with Crippen LogP contribution in [0.4, 0.5) is 5.69 Å². The number of benzene rings is 1. The number of aliphatic hydroxyl groups is 1. The Balaban J connectivity index is 2.47. The number of thioether (sulfide) groups is 1. The molecule has 1 amide bonds. The van der Waals surface area contributed by atoms with Crippen LogP contribution in [0, 0.1) is 13.8 Å². The molecule has 0 bridgehead atoms. The molecule has 1 unspecified atom stereocenters. The molecule has 0 spiro atoms. The summed E-state index contributed by atoms with van der Waals surface area (Å²) in [6.07, 6.45) is 0.724. The van der Waals surface area contributed by atoms with Crippen LogP contribution in [0.1, 0.15) is 24.5 Å². The predicted octanol–water partition coefficient (Wildman–Crippen LogP) is 2.75. The first-order valence-corrected chi connectivity index (χ1v) is 7.17. The zero-order chi connectivity index (χ0) is 13.5. The van der Waals surface area contributed by atoms with Crippen molar-refractivity contribution >= 4 is 23.4 Å². The van der Waals surface area contributed by atoms with Gasteiger partial charge in [0.05, 0.1) is 5.75 Å². The summed E-state index contributed by atoms with van der Waals surface area (Å²) in [6.45, 7) is 6.18. The number of aliphatic hydroxyl groups excluding tert-OH is 1. The van der Waals surface area contributed by atoms with Crippen LogP contribution in [0.2, 0.25) is 0 Å². The molecule has 3 nitrogen and oxygen atoms in total. The number of nitrogens with one attached hydrogen (secondary N) is 1. The van der Waals surface area contributed by atoms with E-state index in [0.29, 0.717) is 11.0 Å².